The average molecular weight is 1080 g/mol. The van der Waals surface area contributed by atoms with Crippen LogP contribution in [0.3, 0.4) is 0 Å². The van der Waals surface area contributed by atoms with Gasteiger partial charge in [-0.3, -0.25) is 47.9 Å². The van der Waals surface area contributed by atoms with Crippen LogP contribution in [0.2, 0.25) is 0 Å². The van der Waals surface area contributed by atoms with Gasteiger partial charge < -0.3 is 81.9 Å². The maximum atomic E-state index is 13.2. The summed E-state index contributed by atoms with van der Waals surface area (Å²) >= 11 is 0. The van der Waals surface area contributed by atoms with Crippen LogP contribution in [0.25, 0.3) is 11.0 Å². The molecule has 3 aliphatic rings. The van der Waals surface area contributed by atoms with E-state index < -0.39 is 177 Å². The molecule has 3 amide bonds. The molecular weight excluding hydrogens is 1020 g/mol. The van der Waals surface area contributed by atoms with Gasteiger partial charge in [0, 0.05) is 86.8 Å². The molecule has 76 heavy (non-hydrogen) atoms. The summed E-state index contributed by atoms with van der Waals surface area (Å²) in [6.07, 6.45) is -20.3. The minimum absolute atomic E-state index is 0.0279. The Labute approximate surface area is 433 Å². The largest absolute Gasteiger partial charge is 0.463 e. The van der Waals surface area contributed by atoms with Gasteiger partial charge >= 0.3 is 47.4 Å². The van der Waals surface area contributed by atoms with E-state index in [0.29, 0.717) is 10.9 Å². The Hall–Kier alpha value is -7.27. The number of amides is 3. The van der Waals surface area contributed by atoms with E-state index in [2.05, 4.69) is 16.0 Å². The molecule has 15 atom stereocenters. The van der Waals surface area contributed by atoms with Crippen LogP contribution in [0, 0.1) is 6.92 Å². The van der Waals surface area contributed by atoms with Gasteiger partial charge in [-0.2, -0.15) is 0 Å². The molecule has 0 bridgehead atoms. The number of fused-ring (bicyclic) bond motifs is 1. The molecule has 28 nitrogen and oxygen atoms in total. The van der Waals surface area contributed by atoms with Crippen molar-refractivity contribution >= 4 is 70.5 Å². The van der Waals surface area contributed by atoms with Crippen LogP contribution in [-0.2, 0) is 105 Å². The predicted molar refractivity (Wildman–Crippen MR) is 249 cm³/mol. The average Bonchev–Trinajstić information content (AvgIpc) is 3.28. The van der Waals surface area contributed by atoms with Crippen molar-refractivity contribution in [1.82, 2.24) is 16.0 Å². The third-order valence-corrected chi connectivity index (χ3v) is 11.4. The number of benzene rings is 1. The first-order valence-corrected chi connectivity index (χ1v) is 23.6. The number of nitrogens with one attached hydrogen (secondary N) is 3. The normalized spacial score (nSPS) is 29.0. The summed E-state index contributed by atoms with van der Waals surface area (Å²) in [7, 11) is 0. The number of esters is 7. The summed E-state index contributed by atoms with van der Waals surface area (Å²) in [5, 5.41) is 8.34. The van der Waals surface area contributed by atoms with Gasteiger partial charge in [0.05, 0.1) is 0 Å². The Kier molecular flexibility index (Phi) is 20.8. The fraction of sp³-hybridized carbons (Fsp3) is 0.604. The van der Waals surface area contributed by atoms with Crippen molar-refractivity contribution in [1.29, 1.82) is 0 Å². The van der Waals surface area contributed by atoms with Crippen LogP contribution in [0.4, 0.5) is 0 Å². The lowest BCUT2D eigenvalue weighted by Crippen LogP contribution is -2.72. The van der Waals surface area contributed by atoms with E-state index in [-0.39, 0.29) is 11.3 Å². The van der Waals surface area contributed by atoms with E-state index in [1.54, 1.807) is 13.0 Å². The number of aryl methyl sites for hydroxylation is 1. The SMILES string of the molecule is CC(=O)N[C@H]1[C@H](O[C@H]2[C@H](OC(C)=O)[C@@H](NC(C)=O)[C@H](O[C@H]3[C@H](OC(C)=O)[C@@H](NC(C)=O)[C@H](Oc4ccc5c(C)cc(=O)oc5c4)O[C@@H]3COC(C)=O)O[C@@H]2COC(C)=O)O[C@H](COC(C)=O)[C@@H](OC(C)=O)[C@@H]1OC(C)=O. The lowest BCUT2D eigenvalue weighted by Gasteiger charge is -2.51. The van der Waals surface area contributed by atoms with E-state index in [9.17, 15) is 52.7 Å². The molecule has 418 valence electrons. The molecule has 4 heterocycles. The summed E-state index contributed by atoms with van der Waals surface area (Å²) < 4.78 is 82.7. The molecule has 0 radical (unpaired) electrons. The van der Waals surface area contributed by atoms with Crippen molar-refractivity contribution in [2.24, 2.45) is 0 Å². The molecule has 3 fully saturated rings. The molecule has 2 aromatic rings. The first-order valence-electron chi connectivity index (χ1n) is 23.6. The zero-order chi connectivity index (χ0) is 56.3. The Morgan fingerprint density at radius 3 is 1.20 bits per heavy atom. The second-order valence-corrected chi connectivity index (χ2v) is 17.7. The predicted octanol–water partition coefficient (Wildman–Crippen LogP) is -0.644. The third-order valence-electron chi connectivity index (χ3n) is 11.4. The second kappa shape index (κ2) is 26.5. The first kappa shape index (κ1) is 59.6. The van der Waals surface area contributed by atoms with Gasteiger partial charge in [0.15, 0.2) is 37.0 Å². The Bertz CT molecular complexity index is 2570. The van der Waals surface area contributed by atoms with Gasteiger partial charge in [-0.1, -0.05) is 0 Å². The Morgan fingerprint density at radius 1 is 0.461 bits per heavy atom. The van der Waals surface area contributed by atoms with E-state index in [4.69, 9.17) is 66.0 Å². The number of carbonyl (C=O) groups excluding carboxylic acids is 10. The minimum atomic E-state index is -1.92. The highest BCUT2D eigenvalue weighted by Crippen LogP contribution is 2.37. The van der Waals surface area contributed by atoms with Crippen LogP contribution < -0.4 is 26.3 Å². The van der Waals surface area contributed by atoms with Crippen LogP contribution in [0.15, 0.2) is 33.5 Å². The molecule has 3 aliphatic heterocycles. The molecular formula is C48H61N3O25. The number of hydrogen-bond donors (Lipinski definition) is 3. The molecule has 1 aromatic heterocycles. The third kappa shape index (κ3) is 16.4. The van der Waals surface area contributed by atoms with Crippen molar-refractivity contribution in [2.45, 2.75) is 168 Å². The molecule has 0 aliphatic carbocycles. The molecule has 1 aromatic carbocycles. The van der Waals surface area contributed by atoms with Crippen molar-refractivity contribution in [3.05, 3.63) is 40.2 Å². The highest BCUT2D eigenvalue weighted by Gasteiger charge is 2.59. The van der Waals surface area contributed by atoms with Crippen molar-refractivity contribution in [2.75, 3.05) is 19.8 Å². The van der Waals surface area contributed by atoms with Gasteiger partial charge in [0.1, 0.15) is 79.8 Å². The zero-order valence-electron chi connectivity index (χ0n) is 43.3. The van der Waals surface area contributed by atoms with Gasteiger partial charge in [-0.05, 0) is 24.6 Å². The molecule has 5 rings (SSSR count). The van der Waals surface area contributed by atoms with Crippen LogP contribution >= 0.6 is 0 Å². The van der Waals surface area contributed by atoms with E-state index in [0.717, 1.165) is 69.2 Å². The maximum absolute atomic E-state index is 13.2. The summed E-state index contributed by atoms with van der Waals surface area (Å²) in [6, 6.07) is 0.938. The monoisotopic (exact) mass is 1080 g/mol. The summed E-state index contributed by atoms with van der Waals surface area (Å²) in [5.41, 5.74) is 0.0563. The standard InChI is InChI=1S/C48H61N3O25/c1-19-14-36(62)71-32-15-30(12-13-31(19)32)70-46-37(49-20(2)52)44(68-28(10)60)41(34(72-46)17-64-24(6)56)75-48-39(51-22(4)54)45(69-29(11)61)42(35(74-48)18-65-25(7)57)76-47-38(50-21(3)53)43(67-27(9)59)40(66-26(8)58)33(73-47)16-63-23(5)55/h12-15,33-35,37-48H,16-18H2,1-11H3,(H,49,52)(H,50,53)(H,51,54)/t33-,34-,35-,37-,38-,39-,40-,41-,42-,43-,44-,45-,46-,47+,48+/m1/s1. The van der Waals surface area contributed by atoms with Crippen molar-refractivity contribution < 1.29 is 114 Å². The highest BCUT2D eigenvalue weighted by molar-refractivity contribution is 5.81. The van der Waals surface area contributed by atoms with E-state index in [1.165, 1.54) is 18.2 Å². The number of rotatable bonds is 19. The van der Waals surface area contributed by atoms with Gasteiger partial charge in [0.2, 0.25) is 24.0 Å². The van der Waals surface area contributed by atoms with Crippen LogP contribution in [0.1, 0.15) is 74.8 Å². The molecule has 3 N–H and O–H groups in total. The molecule has 28 heteroatoms. The topological polar surface area (TPSA) is 357 Å². The van der Waals surface area contributed by atoms with Gasteiger partial charge in [-0.15, -0.1) is 0 Å². The number of hydrogen-bond acceptors (Lipinski definition) is 25. The molecule has 0 spiro atoms. The Balaban J connectivity index is 1.65. The van der Waals surface area contributed by atoms with Crippen LogP contribution in [0.5, 0.6) is 5.75 Å². The van der Waals surface area contributed by atoms with E-state index in [1.807, 2.05) is 0 Å². The highest BCUT2D eigenvalue weighted by atomic mass is 16.8. The van der Waals surface area contributed by atoms with Crippen molar-refractivity contribution in [3.8, 4) is 5.75 Å². The number of carbonyl (C=O) groups is 10. The Morgan fingerprint density at radius 2 is 0.816 bits per heavy atom. The first-order chi connectivity index (χ1) is 35.7. The quantitative estimate of drug-likeness (QED) is 0.0894. The van der Waals surface area contributed by atoms with Gasteiger partial charge in [0.25, 0.3) is 0 Å². The lowest BCUT2D eigenvalue weighted by atomic mass is 9.93. The number of ether oxygens (including phenoxy) is 13. The molecule has 0 saturated carbocycles. The molecule has 0 unspecified atom stereocenters. The summed E-state index contributed by atoms with van der Waals surface area (Å²) in [5.74, 6) is -8.54. The smallest absolute Gasteiger partial charge is 0.336 e. The lowest BCUT2D eigenvalue weighted by molar-refractivity contribution is -0.351. The fourth-order valence-corrected chi connectivity index (χ4v) is 8.69. The molecule has 3 saturated heterocycles. The zero-order valence-corrected chi connectivity index (χ0v) is 43.3. The summed E-state index contributed by atoms with van der Waals surface area (Å²) in [6.45, 7) is 10.2. The minimum Gasteiger partial charge on any atom is -0.463 e. The summed E-state index contributed by atoms with van der Waals surface area (Å²) in [4.78, 5) is 140. The maximum Gasteiger partial charge on any atom is 0.336 e. The fourth-order valence-electron chi connectivity index (χ4n) is 8.69. The van der Waals surface area contributed by atoms with Gasteiger partial charge in [-0.25, -0.2) is 4.79 Å². The second-order valence-electron chi connectivity index (χ2n) is 17.7. The van der Waals surface area contributed by atoms with E-state index >= 15 is 0 Å². The van der Waals surface area contributed by atoms with Crippen molar-refractivity contribution in [3.63, 3.8) is 0 Å². The van der Waals surface area contributed by atoms with Crippen LogP contribution in [-0.4, -0.2) is 171 Å².